The van der Waals surface area contributed by atoms with E-state index in [1.54, 1.807) is 0 Å². The largest absolute Gasteiger partial charge is 0.462 e. The Morgan fingerprint density at radius 1 is 0.355 bits per heavy atom. The minimum Gasteiger partial charge on any atom is -0.462 e. The Hall–Kier alpha value is -3.93. The van der Waals surface area contributed by atoms with Crippen LogP contribution in [0.4, 0.5) is 0 Å². The molecule has 0 aromatic carbocycles. The second kappa shape index (κ2) is 49.7. The summed E-state index contributed by atoms with van der Waals surface area (Å²) in [4.78, 5) is 37.8. The van der Waals surface area contributed by atoms with E-state index in [-0.39, 0.29) is 31.6 Å². The molecule has 0 fully saturated rings. The molecule has 62 heavy (non-hydrogen) atoms. The SMILES string of the molecule is CC/C=C\C/C=C\C/C=C\C/C=C\C/C=C\CCC(=O)OC(COC(=O)CCCC/C=C\C/C=C\CC)COC(=O)CCCCCCCCCCCC/C=C\C=C/CCCCC. The summed E-state index contributed by atoms with van der Waals surface area (Å²) in [5.41, 5.74) is 0. The maximum Gasteiger partial charge on any atom is 0.306 e. The van der Waals surface area contributed by atoms with Crippen LogP contribution >= 0.6 is 0 Å². The number of carbonyl (C=O) groups is 3. The van der Waals surface area contributed by atoms with Crippen LogP contribution < -0.4 is 0 Å². The predicted molar refractivity (Wildman–Crippen MR) is 265 cm³/mol. The summed E-state index contributed by atoms with van der Waals surface area (Å²) in [6.45, 7) is 6.25. The van der Waals surface area contributed by atoms with Gasteiger partial charge in [-0.2, -0.15) is 0 Å². The molecule has 0 saturated heterocycles. The normalized spacial score (nSPS) is 13.0. The van der Waals surface area contributed by atoms with E-state index in [1.165, 1.54) is 77.0 Å². The molecule has 0 rings (SSSR count). The lowest BCUT2D eigenvalue weighted by atomic mass is 10.1. The monoisotopic (exact) mass is 859 g/mol. The van der Waals surface area contributed by atoms with Crippen molar-refractivity contribution in [2.24, 2.45) is 0 Å². The first-order chi connectivity index (χ1) is 30.5. The molecule has 350 valence electrons. The maximum absolute atomic E-state index is 12.7. The highest BCUT2D eigenvalue weighted by Gasteiger charge is 2.19. The van der Waals surface area contributed by atoms with Gasteiger partial charge in [0.2, 0.25) is 0 Å². The molecule has 0 aliphatic rings. The summed E-state index contributed by atoms with van der Waals surface area (Å²) >= 11 is 0. The van der Waals surface area contributed by atoms with Gasteiger partial charge in [-0.25, -0.2) is 0 Å². The molecule has 0 radical (unpaired) electrons. The Morgan fingerprint density at radius 3 is 1.18 bits per heavy atom. The van der Waals surface area contributed by atoms with E-state index in [0.29, 0.717) is 19.3 Å². The van der Waals surface area contributed by atoms with Crippen molar-refractivity contribution in [1.29, 1.82) is 0 Å². The summed E-state index contributed by atoms with van der Waals surface area (Å²) < 4.78 is 16.6. The fourth-order valence-electron chi connectivity index (χ4n) is 6.34. The predicted octanol–water partition coefficient (Wildman–Crippen LogP) is 16.4. The highest BCUT2D eigenvalue weighted by atomic mass is 16.6. The average Bonchev–Trinajstić information content (AvgIpc) is 3.27. The number of unbranched alkanes of at least 4 members (excludes halogenated alkanes) is 15. The van der Waals surface area contributed by atoms with Gasteiger partial charge in [0.1, 0.15) is 13.2 Å². The molecular weight excluding hydrogens is 769 g/mol. The van der Waals surface area contributed by atoms with Crippen molar-refractivity contribution in [2.75, 3.05) is 13.2 Å². The van der Waals surface area contributed by atoms with Crippen LogP contribution in [0.3, 0.4) is 0 Å². The third-order valence-electron chi connectivity index (χ3n) is 10.0. The van der Waals surface area contributed by atoms with Gasteiger partial charge in [-0.15, -0.1) is 0 Å². The molecule has 1 atom stereocenters. The lowest BCUT2D eigenvalue weighted by Crippen LogP contribution is -2.30. The number of carbonyl (C=O) groups excluding carboxylic acids is 3. The highest BCUT2D eigenvalue weighted by molar-refractivity contribution is 5.71. The van der Waals surface area contributed by atoms with Gasteiger partial charge in [0.15, 0.2) is 6.10 Å². The van der Waals surface area contributed by atoms with Gasteiger partial charge >= 0.3 is 17.9 Å². The van der Waals surface area contributed by atoms with Crippen LogP contribution in [0.5, 0.6) is 0 Å². The average molecular weight is 859 g/mol. The molecule has 0 aromatic heterocycles. The van der Waals surface area contributed by atoms with Crippen molar-refractivity contribution in [3.63, 3.8) is 0 Å². The standard InChI is InChI=1S/C56H90O6/c1-4-7-10-13-16-19-21-23-25-27-28-29-31-32-34-37-40-43-46-49-55(58)61-52-53(51-60-54(57)48-45-42-39-36-18-15-12-9-6-3)62-56(59)50-47-44-41-38-35-33-30-26-24-22-20-17-14-11-8-5-2/h8-9,11-12,16-21,23-24,26,33,35-36,41,44,53H,4-7,10,13-15,22,25,27-32,34,37-40,42-43,45-52H2,1-3H3/b11-8-,12-9-,19-16-,20-17-,23-21-,26-24-,35-33-,36-18-,44-41-. The Morgan fingerprint density at radius 2 is 0.710 bits per heavy atom. The van der Waals surface area contributed by atoms with Crippen LogP contribution in [0, 0.1) is 0 Å². The number of hydrogen-bond donors (Lipinski definition) is 0. The van der Waals surface area contributed by atoms with Crippen LogP contribution in [0.15, 0.2) is 109 Å². The van der Waals surface area contributed by atoms with Crippen LogP contribution in [0.25, 0.3) is 0 Å². The summed E-state index contributed by atoms with van der Waals surface area (Å²) in [5, 5.41) is 0. The smallest absolute Gasteiger partial charge is 0.306 e. The van der Waals surface area contributed by atoms with E-state index in [2.05, 4.69) is 118 Å². The molecule has 0 aromatic rings. The number of hydrogen-bond acceptors (Lipinski definition) is 6. The quantitative estimate of drug-likeness (QED) is 0.0200. The van der Waals surface area contributed by atoms with Gasteiger partial charge in [0.05, 0.1) is 0 Å². The van der Waals surface area contributed by atoms with Crippen LogP contribution in [0.2, 0.25) is 0 Å². The first-order valence-electron chi connectivity index (χ1n) is 24.9. The third kappa shape index (κ3) is 47.1. The first kappa shape index (κ1) is 58.1. The lowest BCUT2D eigenvalue weighted by Gasteiger charge is -2.18. The number of ether oxygens (including phenoxy) is 3. The Labute approximate surface area is 380 Å². The van der Waals surface area contributed by atoms with Crippen LogP contribution in [-0.4, -0.2) is 37.2 Å². The fourth-order valence-corrected chi connectivity index (χ4v) is 6.34. The summed E-state index contributed by atoms with van der Waals surface area (Å²) in [6, 6.07) is 0. The van der Waals surface area contributed by atoms with E-state index in [1.807, 2.05) is 12.2 Å². The molecule has 6 heteroatoms. The molecule has 0 spiro atoms. The zero-order valence-electron chi connectivity index (χ0n) is 39.8. The van der Waals surface area contributed by atoms with Gasteiger partial charge in [-0.1, -0.05) is 194 Å². The second-order valence-corrected chi connectivity index (χ2v) is 16.0. The second-order valence-electron chi connectivity index (χ2n) is 16.0. The molecule has 0 heterocycles. The van der Waals surface area contributed by atoms with Gasteiger partial charge in [0.25, 0.3) is 0 Å². The molecule has 0 N–H and O–H groups in total. The van der Waals surface area contributed by atoms with Gasteiger partial charge in [-0.3, -0.25) is 14.4 Å². The zero-order valence-corrected chi connectivity index (χ0v) is 39.8. The highest BCUT2D eigenvalue weighted by Crippen LogP contribution is 2.13. The lowest BCUT2D eigenvalue weighted by molar-refractivity contribution is -0.166. The van der Waals surface area contributed by atoms with Crippen molar-refractivity contribution >= 4 is 17.9 Å². The first-order valence-corrected chi connectivity index (χ1v) is 24.9. The molecule has 0 aliphatic carbocycles. The van der Waals surface area contributed by atoms with Crippen LogP contribution in [0.1, 0.15) is 207 Å². The molecule has 1 unspecified atom stereocenters. The summed E-state index contributed by atoms with van der Waals surface area (Å²) in [5.74, 6) is -1.06. The fraction of sp³-hybridized carbons (Fsp3) is 0.625. The van der Waals surface area contributed by atoms with E-state index in [0.717, 1.165) is 83.5 Å². The van der Waals surface area contributed by atoms with Crippen molar-refractivity contribution in [2.45, 2.75) is 213 Å². The minimum absolute atomic E-state index is 0.122. The Balaban J connectivity index is 4.45. The minimum atomic E-state index is -0.832. The summed E-state index contributed by atoms with van der Waals surface area (Å²) in [6.07, 6.45) is 66.7. The third-order valence-corrected chi connectivity index (χ3v) is 10.0. The molecule has 0 amide bonds. The molecule has 6 nitrogen and oxygen atoms in total. The number of rotatable bonds is 43. The zero-order chi connectivity index (χ0) is 45.1. The maximum atomic E-state index is 12.7. The van der Waals surface area contributed by atoms with Gasteiger partial charge in [0, 0.05) is 19.3 Å². The van der Waals surface area contributed by atoms with Crippen molar-refractivity contribution in [1.82, 2.24) is 0 Å². The Kier molecular flexibility index (Phi) is 46.6. The Bertz CT molecular complexity index is 1310. The van der Waals surface area contributed by atoms with Crippen LogP contribution in [-0.2, 0) is 28.6 Å². The number of esters is 3. The molecular formula is C56H90O6. The molecule has 0 saturated carbocycles. The topological polar surface area (TPSA) is 78.9 Å². The van der Waals surface area contributed by atoms with E-state index in [4.69, 9.17) is 14.2 Å². The van der Waals surface area contributed by atoms with E-state index < -0.39 is 12.1 Å². The van der Waals surface area contributed by atoms with E-state index in [9.17, 15) is 14.4 Å². The van der Waals surface area contributed by atoms with E-state index >= 15 is 0 Å². The van der Waals surface area contributed by atoms with Crippen molar-refractivity contribution < 1.29 is 28.6 Å². The summed E-state index contributed by atoms with van der Waals surface area (Å²) in [7, 11) is 0. The van der Waals surface area contributed by atoms with Gasteiger partial charge < -0.3 is 14.2 Å². The molecule has 0 aliphatic heterocycles. The molecule has 0 bridgehead atoms. The van der Waals surface area contributed by atoms with Gasteiger partial charge in [-0.05, 0) is 103 Å². The van der Waals surface area contributed by atoms with Crippen molar-refractivity contribution in [3.8, 4) is 0 Å². The number of allylic oxidation sites excluding steroid dienone is 18. The van der Waals surface area contributed by atoms with Crippen molar-refractivity contribution in [3.05, 3.63) is 109 Å².